The number of nitrogens with zero attached hydrogens (tertiary/aromatic N) is 2. The molecule has 0 aliphatic carbocycles. The molecule has 0 amide bonds. The molecule has 0 spiro atoms. The molecule has 1 aromatic heterocycles. The molecule has 0 N–H and O–H groups in total. The summed E-state index contributed by atoms with van der Waals surface area (Å²) in [6.07, 6.45) is 3.76. The molecule has 0 saturated carbocycles. The molecular formula is C19H20N2. The molecule has 0 bridgehead atoms. The van der Waals surface area contributed by atoms with E-state index in [2.05, 4.69) is 72.4 Å². The van der Waals surface area contributed by atoms with Crippen LogP contribution in [0.1, 0.15) is 24.1 Å². The highest BCUT2D eigenvalue weighted by molar-refractivity contribution is 5.82. The van der Waals surface area contributed by atoms with Crippen LogP contribution in [0.4, 0.5) is 0 Å². The minimum absolute atomic E-state index is 0.352. The summed E-state index contributed by atoms with van der Waals surface area (Å²) < 4.78 is 0. The third-order valence-corrected chi connectivity index (χ3v) is 4.07. The number of rotatable bonds is 4. The van der Waals surface area contributed by atoms with Crippen molar-refractivity contribution in [2.75, 3.05) is 7.05 Å². The predicted molar refractivity (Wildman–Crippen MR) is 88.1 cm³/mol. The topological polar surface area (TPSA) is 16.1 Å². The Kier molecular flexibility index (Phi) is 3.98. The molecule has 3 rings (SSSR count). The van der Waals surface area contributed by atoms with E-state index in [9.17, 15) is 0 Å². The molecule has 0 radical (unpaired) electrons. The van der Waals surface area contributed by atoms with Crippen molar-refractivity contribution in [1.29, 1.82) is 0 Å². The second-order valence-corrected chi connectivity index (χ2v) is 5.56. The maximum Gasteiger partial charge on any atom is 0.0335 e. The van der Waals surface area contributed by atoms with Crippen LogP contribution in [0, 0.1) is 0 Å². The number of fused-ring (bicyclic) bond motifs is 1. The molecule has 0 aliphatic heterocycles. The molecule has 0 saturated heterocycles. The van der Waals surface area contributed by atoms with Gasteiger partial charge >= 0.3 is 0 Å². The van der Waals surface area contributed by atoms with Crippen LogP contribution < -0.4 is 0 Å². The van der Waals surface area contributed by atoms with Gasteiger partial charge in [0.25, 0.3) is 0 Å². The summed E-state index contributed by atoms with van der Waals surface area (Å²) in [5, 5.41) is 2.60. The lowest BCUT2D eigenvalue weighted by molar-refractivity contribution is 0.253. The standard InChI is InChI=1S/C19H20N2/c1-15(19-8-5-11-20-13-19)21(2)14-16-9-10-17-6-3-4-7-18(17)12-16/h3-13,15H,14H2,1-2H3. The van der Waals surface area contributed by atoms with Gasteiger partial charge in [0, 0.05) is 25.0 Å². The molecule has 106 valence electrons. The lowest BCUT2D eigenvalue weighted by Gasteiger charge is -2.25. The summed E-state index contributed by atoms with van der Waals surface area (Å²) in [6, 6.07) is 19.7. The highest BCUT2D eigenvalue weighted by Crippen LogP contribution is 2.21. The fourth-order valence-electron chi connectivity index (χ4n) is 2.64. The molecule has 2 aromatic carbocycles. The Morgan fingerprint density at radius 1 is 1.00 bits per heavy atom. The largest absolute Gasteiger partial charge is 0.295 e. The van der Waals surface area contributed by atoms with E-state index in [0.717, 1.165) is 6.54 Å². The molecule has 0 aliphatic rings. The van der Waals surface area contributed by atoms with Gasteiger partial charge in [0.15, 0.2) is 0 Å². The third-order valence-electron chi connectivity index (χ3n) is 4.07. The smallest absolute Gasteiger partial charge is 0.0335 e. The summed E-state index contributed by atoms with van der Waals surface area (Å²) >= 11 is 0. The van der Waals surface area contributed by atoms with Gasteiger partial charge in [0.05, 0.1) is 0 Å². The van der Waals surface area contributed by atoms with E-state index in [1.165, 1.54) is 21.9 Å². The monoisotopic (exact) mass is 276 g/mol. The quantitative estimate of drug-likeness (QED) is 0.701. The van der Waals surface area contributed by atoms with Crippen molar-refractivity contribution in [2.24, 2.45) is 0 Å². The first-order valence-corrected chi connectivity index (χ1v) is 7.32. The van der Waals surface area contributed by atoms with Crippen LogP contribution >= 0.6 is 0 Å². The van der Waals surface area contributed by atoms with Gasteiger partial charge in [0.2, 0.25) is 0 Å². The normalized spacial score (nSPS) is 12.7. The van der Waals surface area contributed by atoms with Gasteiger partial charge in [0.1, 0.15) is 0 Å². The predicted octanol–water partition coefficient (Wildman–Crippen LogP) is 4.43. The maximum atomic E-state index is 4.21. The van der Waals surface area contributed by atoms with E-state index in [1.807, 2.05) is 18.5 Å². The molecule has 2 nitrogen and oxygen atoms in total. The van der Waals surface area contributed by atoms with Crippen LogP contribution in [-0.2, 0) is 6.54 Å². The molecule has 0 fully saturated rings. The van der Waals surface area contributed by atoms with Crippen molar-refractivity contribution in [2.45, 2.75) is 19.5 Å². The van der Waals surface area contributed by atoms with Crippen LogP contribution in [0.5, 0.6) is 0 Å². The molecule has 2 heteroatoms. The summed E-state index contributed by atoms with van der Waals surface area (Å²) in [5.74, 6) is 0. The van der Waals surface area contributed by atoms with Gasteiger partial charge in [-0.25, -0.2) is 0 Å². The first-order valence-electron chi connectivity index (χ1n) is 7.32. The van der Waals surface area contributed by atoms with Crippen molar-refractivity contribution < 1.29 is 0 Å². The van der Waals surface area contributed by atoms with Gasteiger partial charge < -0.3 is 0 Å². The fraction of sp³-hybridized carbons (Fsp3) is 0.211. The Bertz CT molecular complexity index is 722. The number of hydrogen-bond acceptors (Lipinski definition) is 2. The Hall–Kier alpha value is -2.19. The third kappa shape index (κ3) is 3.11. The van der Waals surface area contributed by atoms with E-state index < -0.39 is 0 Å². The van der Waals surface area contributed by atoms with Crippen LogP contribution in [0.25, 0.3) is 10.8 Å². The van der Waals surface area contributed by atoms with Gasteiger partial charge in [-0.3, -0.25) is 9.88 Å². The summed E-state index contributed by atoms with van der Waals surface area (Å²) in [5.41, 5.74) is 2.59. The number of pyridine rings is 1. The van der Waals surface area contributed by atoms with Gasteiger partial charge in [-0.1, -0.05) is 42.5 Å². The summed E-state index contributed by atoms with van der Waals surface area (Å²) in [4.78, 5) is 6.56. The Morgan fingerprint density at radius 2 is 1.81 bits per heavy atom. The first kappa shape index (κ1) is 13.8. The van der Waals surface area contributed by atoms with Crippen LogP contribution in [0.15, 0.2) is 67.0 Å². The lowest BCUT2D eigenvalue weighted by atomic mass is 10.1. The highest BCUT2D eigenvalue weighted by Gasteiger charge is 2.12. The fourth-order valence-corrected chi connectivity index (χ4v) is 2.64. The average molecular weight is 276 g/mol. The number of benzene rings is 2. The van der Waals surface area contributed by atoms with Crippen LogP contribution in [0.2, 0.25) is 0 Å². The van der Waals surface area contributed by atoms with E-state index >= 15 is 0 Å². The molecule has 1 heterocycles. The van der Waals surface area contributed by atoms with Crippen molar-refractivity contribution in [3.63, 3.8) is 0 Å². The van der Waals surface area contributed by atoms with Gasteiger partial charge in [-0.15, -0.1) is 0 Å². The number of aromatic nitrogens is 1. The Morgan fingerprint density at radius 3 is 2.57 bits per heavy atom. The second-order valence-electron chi connectivity index (χ2n) is 5.56. The number of hydrogen-bond donors (Lipinski definition) is 0. The lowest BCUT2D eigenvalue weighted by Crippen LogP contribution is -2.21. The van der Waals surface area contributed by atoms with E-state index in [0.29, 0.717) is 6.04 Å². The molecule has 3 aromatic rings. The molecule has 1 unspecified atom stereocenters. The molecule has 1 atom stereocenters. The van der Waals surface area contributed by atoms with Crippen molar-refractivity contribution in [3.8, 4) is 0 Å². The minimum Gasteiger partial charge on any atom is -0.295 e. The molecular weight excluding hydrogens is 256 g/mol. The summed E-state index contributed by atoms with van der Waals surface area (Å²) in [7, 11) is 2.16. The summed E-state index contributed by atoms with van der Waals surface area (Å²) in [6.45, 7) is 3.15. The first-order chi connectivity index (χ1) is 10.2. The zero-order valence-electron chi connectivity index (χ0n) is 12.5. The Balaban J connectivity index is 1.78. The van der Waals surface area contributed by atoms with Gasteiger partial charge in [-0.05, 0) is 48.0 Å². The zero-order valence-corrected chi connectivity index (χ0v) is 12.5. The average Bonchev–Trinajstić information content (AvgIpc) is 2.55. The van der Waals surface area contributed by atoms with E-state index in [4.69, 9.17) is 0 Å². The van der Waals surface area contributed by atoms with Crippen molar-refractivity contribution in [3.05, 3.63) is 78.1 Å². The van der Waals surface area contributed by atoms with Crippen LogP contribution in [-0.4, -0.2) is 16.9 Å². The van der Waals surface area contributed by atoms with Crippen LogP contribution in [0.3, 0.4) is 0 Å². The Labute approximate surface area is 126 Å². The SMILES string of the molecule is CC(c1cccnc1)N(C)Cc1ccc2ccccc2c1. The van der Waals surface area contributed by atoms with E-state index in [1.54, 1.807) is 0 Å². The second kappa shape index (κ2) is 6.06. The maximum absolute atomic E-state index is 4.21. The van der Waals surface area contributed by atoms with Crippen molar-refractivity contribution in [1.82, 2.24) is 9.88 Å². The zero-order chi connectivity index (χ0) is 14.7. The molecule has 21 heavy (non-hydrogen) atoms. The van der Waals surface area contributed by atoms with Gasteiger partial charge in [-0.2, -0.15) is 0 Å². The van der Waals surface area contributed by atoms with Crippen molar-refractivity contribution >= 4 is 10.8 Å². The van der Waals surface area contributed by atoms with E-state index in [-0.39, 0.29) is 0 Å². The highest BCUT2D eigenvalue weighted by atomic mass is 15.1. The minimum atomic E-state index is 0.352.